The average molecular weight is 202 g/mol. The summed E-state index contributed by atoms with van der Waals surface area (Å²) in [7, 11) is 0. The predicted molar refractivity (Wildman–Crippen MR) is 58.5 cm³/mol. The highest BCUT2D eigenvalue weighted by atomic mass is 16.3. The number of carbonyl (C=O) groups is 1. The molecule has 0 unspecified atom stereocenters. The maximum atomic E-state index is 11.0. The monoisotopic (exact) mass is 202 g/mol. The van der Waals surface area contributed by atoms with E-state index in [1.54, 1.807) is 12.1 Å². The van der Waals surface area contributed by atoms with Crippen LogP contribution in [0.5, 0.6) is 5.75 Å². The van der Waals surface area contributed by atoms with Crippen molar-refractivity contribution in [2.75, 3.05) is 5.73 Å². The first kappa shape index (κ1) is 9.33. The van der Waals surface area contributed by atoms with Gasteiger partial charge in [0.1, 0.15) is 0 Å². The fraction of sp³-hybridized carbons (Fsp3) is 0. The number of phenols is 1. The molecule has 1 amide bonds. The van der Waals surface area contributed by atoms with Gasteiger partial charge in [-0.2, -0.15) is 0 Å². The van der Waals surface area contributed by atoms with Gasteiger partial charge < -0.3 is 16.6 Å². The molecule has 5 N–H and O–H groups in total. The van der Waals surface area contributed by atoms with Crippen LogP contribution >= 0.6 is 0 Å². The summed E-state index contributed by atoms with van der Waals surface area (Å²) in [6, 6.07) is 8.74. The van der Waals surface area contributed by atoms with Crippen LogP contribution in [0.1, 0.15) is 10.4 Å². The lowest BCUT2D eigenvalue weighted by atomic mass is 10.0. The summed E-state index contributed by atoms with van der Waals surface area (Å²) < 4.78 is 0. The number of aromatic hydroxyl groups is 1. The number of amides is 1. The van der Waals surface area contributed by atoms with E-state index in [0.717, 1.165) is 5.39 Å². The SMILES string of the molecule is NC(=O)c1cc2ccccc2c(N)c1O. The molecular formula is C11H10N2O2. The fourth-order valence-corrected chi connectivity index (χ4v) is 1.55. The van der Waals surface area contributed by atoms with E-state index in [1.165, 1.54) is 6.07 Å². The van der Waals surface area contributed by atoms with E-state index in [0.29, 0.717) is 5.39 Å². The molecule has 15 heavy (non-hydrogen) atoms. The maximum Gasteiger partial charge on any atom is 0.252 e. The van der Waals surface area contributed by atoms with Crippen LogP contribution in [-0.4, -0.2) is 11.0 Å². The van der Waals surface area contributed by atoms with Gasteiger partial charge in [0.05, 0.1) is 11.3 Å². The van der Waals surface area contributed by atoms with Crippen LogP contribution in [0, 0.1) is 0 Å². The smallest absolute Gasteiger partial charge is 0.252 e. The first-order valence-corrected chi connectivity index (χ1v) is 4.41. The average Bonchev–Trinajstić information content (AvgIpc) is 2.23. The van der Waals surface area contributed by atoms with Crippen molar-refractivity contribution < 1.29 is 9.90 Å². The fourth-order valence-electron chi connectivity index (χ4n) is 1.55. The normalized spacial score (nSPS) is 10.4. The molecule has 2 aromatic rings. The number of rotatable bonds is 1. The van der Waals surface area contributed by atoms with Gasteiger partial charge in [0.2, 0.25) is 0 Å². The van der Waals surface area contributed by atoms with Crippen molar-refractivity contribution >= 4 is 22.4 Å². The topological polar surface area (TPSA) is 89.3 Å². The zero-order valence-corrected chi connectivity index (χ0v) is 7.90. The first-order valence-electron chi connectivity index (χ1n) is 4.41. The molecule has 0 aliphatic heterocycles. The van der Waals surface area contributed by atoms with E-state index >= 15 is 0 Å². The lowest BCUT2D eigenvalue weighted by molar-refractivity contribution is 0.0998. The lowest BCUT2D eigenvalue weighted by Crippen LogP contribution is -2.11. The van der Waals surface area contributed by atoms with Crippen LogP contribution < -0.4 is 11.5 Å². The zero-order valence-electron chi connectivity index (χ0n) is 7.90. The van der Waals surface area contributed by atoms with Crippen molar-refractivity contribution in [1.82, 2.24) is 0 Å². The predicted octanol–water partition coefficient (Wildman–Crippen LogP) is 1.23. The number of nitrogen functional groups attached to an aromatic ring is 1. The van der Waals surface area contributed by atoms with Gasteiger partial charge in [0.25, 0.3) is 5.91 Å². The van der Waals surface area contributed by atoms with Crippen molar-refractivity contribution in [3.63, 3.8) is 0 Å². The number of carbonyl (C=O) groups excluding carboxylic acids is 1. The van der Waals surface area contributed by atoms with Gasteiger partial charge in [0, 0.05) is 5.39 Å². The minimum absolute atomic E-state index is 0.0474. The molecule has 0 fully saturated rings. The quantitative estimate of drug-likeness (QED) is 0.480. The Hall–Kier alpha value is -2.23. The first-order chi connectivity index (χ1) is 7.11. The Morgan fingerprint density at radius 2 is 1.93 bits per heavy atom. The molecule has 0 saturated carbocycles. The van der Waals surface area contributed by atoms with E-state index < -0.39 is 5.91 Å². The Kier molecular flexibility index (Phi) is 1.97. The molecule has 0 atom stereocenters. The molecule has 0 aliphatic carbocycles. The van der Waals surface area contributed by atoms with Gasteiger partial charge in [-0.05, 0) is 11.5 Å². The number of benzene rings is 2. The highest BCUT2D eigenvalue weighted by Gasteiger charge is 2.13. The van der Waals surface area contributed by atoms with E-state index in [2.05, 4.69) is 0 Å². The van der Waals surface area contributed by atoms with Gasteiger partial charge in [-0.15, -0.1) is 0 Å². The highest BCUT2D eigenvalue weighted by Crippen LogP contribution is 2.33. The number of anilines is 1. The Labute approximate surface area is 86.1 Å². The Balaban J connectivity index is 2.88. The van der Waals surface area contributed by atoms with E-state index in [4.69, 9.17) is 11.5 Å². The third kappa shape index (κ3) is 1.36. The molecule has 0 spiro atoms. The Bertz CT molecular complexity index is 550. The second-order valence-electron chi connectivity index (χ2n) is 3.27. The molecule has 2 rings (SSSR count). The molecule has 0 heterocycles. The molecular weight excluding hydrogens is 192 g/mol. The molecule has 0 saturated heterocycles. The van der Waals surface area contributed by atoms with Crippen LogP contribution in [0.3, 0.4) is 0 Å². The molecule has 0 aliphatic rings. The minimum atomic E-state index is -0.690. The summed E-state index contributed by atoms with van der Waals surface area (Å²) >= 11 is 0. The van der Waals surface area contributed by atoms with Gasteiger partial charge in [0.15, 0.2) is 5.75 Å². The van der Waals surface area contributed by atoms with Gasteiger partial charge in [-0.1, -0.05) is 24.3 Å². The Morgan fingerprint density at radius 1 is 1.27 bits per heavy atom. The largest absolute Gasteiger partial charge is 0.505 e. The minimum Gasteiger partial charge on any atom is -0.505 e. The summed E-state index contributed by atoms with van der Waals surface area (Å²) in [4.78, 5) is 11.0. The van der Waals surface area contributed by atoms with Crippen molar-refractivity contribution in [1.29, 1.82) is 0 Å². The summed E-state index contributed by atoms with van der Waals surface area (Å²) in [5.74, 6) is -0.939. The van der Waals surface area contributed by atoms with Crippen LogP contribution in [0.15, 0.2) is 30.3 Å². The lowest BCUT2D eigenvalue weighted by Gasteiger charge is -2.07. The van der Waals surface area contributed by atoms with Crippen molar-refractivity contribution in [2.45, 2.75) is 0 Å². The van der Waals surface area contributed by atoms with E-state index in [1.807, 2.05) is 12.1 Å². The van der Waals surface area contributed by atoms with Crippen molar-refractivity contribution in [3.8, 4) is 5.75 Å². The van der Waals surface area contributed by atoms with Crippen LogP contribution in [0.2, 0.25) is 0 Å². The second kappa shape index (κ2) is 3.16. The molecule has 0 bridgehead atoms. The number of hydrogen-bond acceptors (Lipinski definition) is 3. The number of hydrogen-bond donors (Lipinski definition) is 3. The number of nitrogens with two attached hydrogens (primary N) is 2. The molecule has 2 aromatic carbocycles. The van der Waals surface area contributed by atoms with Crippen molar-refractivity contribution in [3.05, 3.63) is 35.9 Å². The van der Waals surface area contributed by atoms with E-state index in [9.17, 15) is 9.90 Å². The zero-order chi connectivity index (χ0) is 11.0. The summed E-state index contributed by atoms with van der Waals surface area (Å²) in [6.07, 6.45) is 0. The summed E-state index contributed by atoms with van der Waals surface area (Å²) in [5.41, 5.74) is 11.0. The summed E-state index contributed by atoms with van der Waals surface area (Å²) in [6.45, 7) is 0. The molecule has 4 nitrogen and oxygen atoms in total. The number of primary amides is 1. The van der Waals surface area contributed by atoms with Crippen LogP contribution in [0.25, 0.3) is 10.8 Å². The second-order valence-corrected chi connectivity index (χ2v) is 3.27. The Morgan fingerprint density at radius 3 is 2.60 bits per heavy atom. The van der Waals surface area contributed by atoms with Crippen LogP contribution in [-0.2, 0) is 0 Å². The number of fused-ring (bicyclic) bond motifs is 1. The molecule has 0 aromatic heterocycles. The van der Waals surface area contributed by atoms with Gasteiger partial charge >= 0.3 is 0 Å². The summed E-state index contributed by atoms with van der Waals surface area (Å²) in [5, 5.41) is 11.1. The van der Waals surface area contributed by atoms with Gasteiger partial charge in [-0.25, -0.2) is 0 Å². The molecule has 0 radical (unpaired) electrons. The highest BCUT2D eigenvalue weighted by molar-refractivity contribution is 6.06. The third-order valence-corrected chi connectivity index (χ3v) is 2.33. The third-order valence-electron chi connectivity index (χ3n) is 2.33. The van der Waals surface area contributed by atoms with Crippen molar-refractivity contribution in [2.24, 2.45) is 5.73 Å². The molecule has 76 valence electrons. The van der Waals surface area contributed by atoms with Gasteiger partial charge in [-0.3, -0.25) is 4.79 Å². The van der Waals surface area contributed by atoms with E-state index in [-0.39, 0.29) is 17.0 Å². The van der Waals surface area contributed by atoms with Crippen LogP contribution in [0.4, 0.5) is 5.69 Å². The maximum absolute atomic E-state index is 11.0. The standard InChI is InChI=1S/C11H10N2O2/c12-9-7-4-2-1-3-6(7)5-8(10(9)14)11(13)15/h1-5,14H,12H2,(H2,13,15). The molecule has 4 heteroatoms.